The standard InChI is InChI=1S/C17H24O2/c1-4-12-10-15-14(13(5-2)16(12)18)9-11(3)17(19-15)7-6-8-17/h10-11,18H,4-9H2,1-3H3. The Morgan fingerprint density at radius 1 is 1.32 bits per heavy atom. The van der Waals surface area contributed by atoms with Crippen LogP contribution in [0.1, 0.15) is 56.7 Å². The molecule has 0 radical (unpaired) electrons. The zero-order chi connectivity index (χ0) is 13.6. The van der Waals surface area contributed by atoms with E-state index in [1.165, 1.54) is 24.8 Å². The summed E-state index contributed by atoms with van der Waals surface area (Å²) in [5.74, 6) is 2.11. The maximum atomic E-state index is 10.4. The van der Waals surface area contributed by atoms with Gasteiger partial charge in [0.25, 0.3) is 0 Å². The van der Waals surface area contributed by atoms with Crippen molar-refractivity contribution in [2.24, 2.45) is 5.92 Å². The molecule has 1 aliphatic carbocycles. The second kappa shape index (κ2) is 4.43. The van der Waals surface area contributed by atoms with Crippen molar-refractivity contribution in [1.29, 1.82) is 0 Å². The summed E-state index contributed by atoms with van der Waals surface area (Å²) in [6.07, 6.45) is 6.47. The second-order valence-corrected chi connectivity index (χ2v) is 6.17. The van der Waals surface area contributed by atoms with Crippen molar-refractivity contribution >= 4 is 0 Å². The minimum absolute atomic E-state index is 0.0972. The quantitative estimate of drug-likeness (QED) is 0.870. The number of aryl methyl sites for hydroxylation is 1. The van der Waals surface area contributed by atoms with Crippen molar-refractivity contribution in [2.75, 3.05) is 0 Å². The summed E-state index contributed by atoms with van der Waals surface area (Å²) in [6, 6.07) is 2.08. The fourth-order valence-corrected chi connectivity index (χ4v) is 3.70. The Kier molecular flexibility index (Phi) is 2.99. The Labute approximate surface area is 115 Å². The van der Waals surface area contributed by atoms with Crippen molar-refractivity contribution in [1.82, 2.24) is 0 Å². The highest BCUT2D eigenvalue weighted by atomic mass is 16.5. The van der Waals surface area contributed by atoms with E-state index in [-0.39, 0.29) is 5.60 Å². The molecular weight excluding hydrogens is 236 g/mol. The summed E-state index contributed by atoms with van der Waals surface area (Å²) >= 11 is 0. The summed E-state index contributed by atoms with van der Waals surface area (Å²) in [7, 11) is 0. The Hall–Kier alpha value is -1.18. The number of benzene rings is 1. The number of phenols is 1. The van der Waals surface area contributed by atoms with Crippen molar-refractivity contribution in [3.63, 3.8) is 0 Å². The van der Waals surface area contributed by atoms with E-state index in [1.54, 1.807) is 0 Å². The van der Waals surface area contributed by atoms with Crippen LogP contribution >= 0.6 is 0 Å². The SMILES string of the molecule is CCc1cc2c(c(CC)c1O)CC(C)C1(CCC1)O2. The van der Waals surface area contributed by atoms with E-state index in [9.17, 15) is 5.11 Å². The molecule has 1 saturated carbocycles. The first-order valence-electron chi connectivity index (χ1n) is 7.67. The van der Waals surface area contributed by atoms with Gasteiger partial charge in [0.1, 0.15) is 17.1 Å². The van der Waals surface area contributed by atoms with Crippen LogP contribution in [0.15, 0.2) is 6.07 Å². The Bertz CT molecular complexity index is 500. The highest BCUT2D eigenvalue weighted by molar-refractivity contribution is 5.54. The molecule has 0 aromatic heterocycles. The van der Waals surface area contributed by atoms with E-state index in [1.807, 2.05) is 0 Å². The fourth-order valence-electron chi connectivity index (χ4n) is 3.70. The minimum atomic E-state index is 0.0972. The Morgan fingerprint density at radius 2 is 2.05 bits per heavy atom. The molecule has 3 rings (SSSR count). The summed E-state index contributed by atoms with van der Waals surface area (Å²) < 4.78 is 6.40. The third-order valence-corrected chi connectivity index (χ3v) is 5.21. The van der Waals surface area contributed by atoms with E-state index in [4.69, 9.17) is 4.74 Å². The molecule has 0 amide bonds. The number of rotatable bonds is 2. The smallest absolute Gasteiger partial charge is 0.124 e. The molecule has 1 atom stereocenters. The lowest BCUT2D eigenvalue weighted by Crippen LogP contribution is -2.51. The predicted molar refractivity (Wildman–Crippen MR) is 76.9 cm³/mol. The van der Waals surface area contributed by atoms with Crippen LogP contribution in [-0.2, 0) is 19.3 Å². The lowest BCUT2D eigenvalue weighted by Gasteiger charge is -2.50. The molecule has 0 saturated heterocycles. The van der Waals surface area contributed by atoms with Crippen LogP contribution in [0, 0.1) is 5.92 Å². The highest BCUT2D eigenvalue weighted by Gasteiger charge is 2.47. The summed E-state index contributed by atoms with van der Waals surface area (Å²) in [6.45, 7) is 6.50. The van der Waals surface area contributed by atoms with Gasteiger partial charge in [0, 0.05) is 17.0 Å². The molecule has 2 nitrogen and oxygen atoms in total. The van der Waals surface area contributed by atoms with Gasteiger partial charge >= 0.3 is 0 Å². The van der Waals surface area contributed by atoms with Crippen molar-refractivity contribution in [3.8, 4) is 11.5 Å². The molecule has 0 bridgehead atoms. The molecule has 2 aliphatic rings. The van der Waals surface area contributed by atoms with Crippen molar-refractivity contribution < 1.29 is 9.84 Å². The van der Waals surface area contributed by atoms with Crippen LogP contribution < -0.4 is 4.74 Å². The van der Waals surface area contributed by atoms with E-state index in [0.29, 0.717) is 11.7 Å². The molecule has 104 valence electrons. The lowest BCUT2D eigenvalue weighted by molar-refractivity contribution is -0.0653. The topological polar surface area (TPSA) is 29.5 Å². The molecule has 2 heteroatoms. The first-order chi connectivity index (χ1) is 9.11. The number of hydrogen-bond acceptors (Lipinski definition) is 2. The summed E-state index contributed by atoms with van der Waals surface area (Å²) in [4.78, 5) is 0. The average molecular weight is 260 g/mol. The number of aromatic hydroxyl groups is 1. The van der Waals surface area contributed by atoms with Gasteiger partial charge in [-0.3, -0.25) is 0 Å². The molecule has 1 aromatic rings. The average Bonchev–Trinajstić information content (AvgIpc) is 2.36. The molecule has 1 aliphatic heterocycles. The zero-order valence-electron chi connectivity index (χ0n) is 12.3. The van der Waals surface area contributed by atoms with Gasteiger partial charge in [-0.1, -0.05) is 20.8 Å². The molecular formula is C17H24O2. The zero-order valence-corrected chi connectivity index (χ0v) is 12.3. The lowest BCUT2D eigenvalue weighted by atomic mass is 9.67. The fraction of sp³-hybridized carbons (Fsp3) is 0.647. The van der Waals surface area contributed by atoms with Gasteiger partial charge < -0.3 is 9.84 Å². The molecule has 1 N–H and O–H groups in total. The maximum absolute atomic E-state index is 10.4. The normalized spacial score (nSPS) is 23.6. The van der Waals surface area contributed by atoms with Crippen LogP contribution in [-0.4, -0.2) is 10.7 Å². The van der Waals surface area contributed by atoms with E-state index < -0.39 is 0 Å². The molecule has 1 unspecified atom stereocenters. The number of phenolic OH excluding ortho intramolecular Hbond substituents is 1. The first-order valence-corrected chi connectivity index (χ1v) is 7.67. The maximum Gasteiger partial charge on any atom is 0.124 e. The van der Waals surface area contributed by atoms with Crippen molar-refractivity contribution in [2.45, 2.75) is 64.9 Å². The summed E-state index contributed by atoms with van der Waals surface area (Å²) in [5, 5.41) is 10.4. The van der Waals surface area contributed by atoms with Crippen molar-refractivity contribution in [3.05, 3.63) is 22.8 Å². The third-order valence-electron chi connectivity index (χ3n) is 5.21. The Morgan fingerprint density at radius 3 is 2.58 bits per heavy atom. The van der Waals surface area contributed by atoms with Gasteiger partial charge in [-0.05, 0) is 50.2 Å². The first kappa shape index (κ1) is 12.8. The third kappa shape index (κ3) is 1.76. The van der Waals surface area contributed by atoms with Crippen LogP contribution in [0.2, 0.25) is 0 Å². The molecule has 1 fully saturated rings. The molecule has 1 heterocycles. The van der Waals surface area contributed by atoms with E-state index in [2.05, 4.69) is 26.8 Å². The van der Waals surface area contributed by atoms with Gasteiger partial charge in [-0.25, -0.2) is 0 Å². The number of hydrogen-bond donors (Lipinski definition) is 1. The van der Waals surface area contributed by atoms with E-state index >= 15 is 0 Å². The predicted octanol–water partition coefficient (Wildman–Crippen LogP) is 4.01. The largest absolute Gasteiger partial charge is 0.507 e. The van der Waals surface area contributed by atoms with Crippen LogP contribution in [0.3, 0.4) is 0 Å². The van der Waals surface area contributed by atoms with Gasteiger partial charge in [0.05, 0.1) is 0 Å². The monoisotopic (exact) mass is 260 g/mol. The summed E-state index contributed by atoms with van der Waals surface area (Å²) in [5.41, 5.74) is 3.48. The number of ether oxygens (including phenoxy) is 1. The van der Waals surface area contributed by atoms with Crippen LogP contribution in [0.5, 0.6) is 11.5 Å². The van der Waals surface area contributed by atoms with Gasteiger partial charge in [0.2, 0.25) is 0 Å². The highest BCUT2D eigenvalue weighted by Crippen LogP contribution is 2.50. The van der Waals surface area contributed by atoms with Gasteiger partial charge in [-0.15, -0.1) is 0 Å². The molecule has 19 heavy (non-hydrogen) atoms. The minimum Gasteiger partial charge on any atom is -0.507 e. The molecule has 1 aromatic carbocycles. The van der Waals surface area contributed by atoms with E-state index in [0.717, 1.165) is 36.1 Å². The number of fused-ring (bicyclic) bond motifs is 1. The van der Waals surface area contributed by atoms with Gasteiger partial charge in [0.15, 0.2) is 0 Å². The van der Waals surface area contributed by atoms with Crippen LogP contribution in [0.4, 0.5) is 0 Å². The molecule has 1 spiro atoms. The van der Waals surface area contributed by atoms with Crippen LogP contribution in [0.25, 0.3) is 0 Å². The Balaban J connectivity index is 2.09. The second-order valence-electron chi connectivity index (χ2n) is 6.17. The van der Waals surface area contributed by atoms with Gasteiger partial charge in [-0.2, -0.15) is 0 Å².